The summed E-state index contributed by atoms with van der Waals surface area (Å²) in [7, 11) is 0. The molecule has 4 heteroatoms. The molecule has 0 N–H and O–H groups in total. The average molecular weight is 365 g/mol. The van der Waals surface area contributed by atoms with E-state index in [2.05, 4.69) is 28.1 Å². The van der Waals surface area contributed by atoms with E-state index in [1.807, 2.05) is 37.3 Å². The van der Waals surface area contributed by atoms with Crippen LogP contribution in [-0.4, -0.2) is 12.4 Å². The standard InChI is InChI=1S/C17H17BrO2S/c1-3-20-17-8-7-13(12(2)19)9-14(17)11-21-16-6-4-5-15(18)10-16/h4-10H,3,11H2,1-2H3. The molecule has 0 aliphatic rings. The van der Waals surface area contributed by atoms with Crippen LogP contribution in [0.1, 0.15) is 29.8 Å². The van der Waals surface area contributed by atoms with Gasteiger partial charge in [-0.3, -0.25) is 4.79 Å². The zero-order valence-corrected chi connectivity index (χ0v) is 14.5. The quantitative estimate of drug-likeness (QED) is 0.510. The number of ether oxygens (including phenoxy) is 1. The van der Waals surface area contributed by atoms with Crippen molar-refractivity contribution in [1.82, 2.24) is 0 Å². The monoisotopic (exact) mass is 364 g/mol. The van der Waals surface area contributed by atoms with Crippen LogP contribution in [0.4, 0.5) is 0 Å². The van der Waals surface area contributed by atoms with Crippen LogP contribution in [0.5, 0.6) is 5.75 Å². The van der Waals surface area contributed by atoms with Crippen molar-refractivity contribution in [3.05, 3.63) is 58.1 Å². The Morgan fingerprint density at radius 1 is 1.24 bits per heavy atom. The second-order valence-electron chi connectivity index (χ2n) is 4.56. The molecule has 2 aromatic rings. The molecule has 2 nitrogen and oxygen atoms in total. The Hall–Kier alpha value is -1.26. The molecule has 110 valence electrons. The average Bonchev–Trinajstić information content (AvgIpc) is 2.46. The van der Waals surface area contributed by atoms with Crippen LogP contribution in [0.2, 0.25) is 0 Å². The van der Waals surface area contributed by atoms with Crippen molar-refractivity contribution in [1.29, 1.82) is 0 Å². The van der Waals surface area contributed by atoms with E-state index < -0.39 is 0 Å². The molecule has 0 amide bonds. The SMILES string of the molecule is CCOc1ccc(C(C)=O)cc1CSc1cccc(Br)c1. The summed E-state index contributed by atoms with van der Waals surface area (Å²) < 4.78 is 6.71. The Balaban J connectivity index is 2.20. The van der Waals surface area contributed by atoms with E-state index in [1.165, 1.54) is 4.90 Å². The molecule has 0 bridgehead atoms. The highest BCUT2D eigenvalue weighted by Gasteiger charge is 2.08. The van der Waals surface area contributed by atoms with Gasteiger partial charge in [-0.15, -0.1) is 11.8 Å². The fourth-order valence-corrected chi connectivity index (χ4v) is 3.41. The van der Waals surface area contributed by atoms with Gasteiger partial charge in [0.1, 0.15) is 5.75 Å². The highest BCUT2D eigenvalue weighted by Crippen LogP contribution is 2.30. The molecule has 0 saturated heterocycles. The molecule has 0 saturated carbocycles. The summed E-state index contributed by atoms with van der Waals surface area (Å²) in [5, 5.41) is 0. The van der Waals surface area contributed by atoms with Crippen molar-refractivity contribution in [2.75, 3.05) is 6.61 Å². The minimum Gasteiger partial charge on any atom is -0.494 e. The number of halogens is 1. The van der Waals surface area contributed by atoms with E-state index in [1.54, 1.807) is 18.7 Å². The first-order chi connectivity index (χ1) is 10.1. The first kappa shape index (κ1) is 16.1. The molecular formula is C17H17BrO2S. The van der Waals surface area contributed by atoms with Gasteiger partial charge in [0.25, 0.3) is 0 Å². The maximum Gasteiger partial charge on any atom is 0.159 e. The van der Waals surface area contributed by atoms with Crippen molar-refractivity contribution in [2.24, 2.45) is 0 Å². The van der Waals surface area contributed by atoms with Crippen LogP contribution in [0.25, 0.3) is 0 Å². The molecule has 0 fully saturated rings. The van der Waals surface area contributed by atoms with Gasteiger partial charge in [-0.2, -0.15) is 0 Å². The molecular weight excluding hydrogens is 348 g/mol. The summed E-state index contributed by atoms with van der Waals surface area (Å²) in [5.41, 5.74) is 1.78. The smallest absolute Gasteiger partial charge is 0.159 e. The van der Waals surface area contributed by atoms with Gasteiger partial charge < -0.3 is 4.74 Å². The number of benzene rings is 2. The van der Waals surface area contributed by atoms with Gasteiger partial charge in [-0.25, -0.2) is 0 Å². The van der Waals surface area contributed by atoms with E-state index >= 15 is 0 Å². The Morgan fingerprint density at radius 2 is 2.05 bits per heavy atom. The number of carbonyl (C=O) groups is 1. The lowest BCUT2D eigenvalue weighted by Gasteiger charge is -2.11. The first-order valence-corrected chi connectivity index (χ1v) is 8.53. The van der Waals surface area contributed by atoms with Crippen molar-refractivity contribution >= 4 is 33.5 Å². The van der Waals surface area contributed by atoms with Crippen molar-refractivity contribution in [3.63, 3.8) is 0 Å². The molecule has 0 spiro atoms. The minimum absolute atomic E-state index is 0.0757. The third-order valence-corrected chi connectivity index (χ3v) is 4.49. The molecule has 0 unspecified atom stereocenters. The van der Waals surface area contributed by atoms with Gasteiger partial charge in [0.2, 0.25) is 0 Å². The molecule has 0 aliphatic carbocycles. The van der Waals surface area contributed by atoms with Crippen molar-refractivity contribution in [2.45, 2.75) is 24.5 Å². The predicted octanol–water partition coefficient (Wildman–Crippen LogP) is 5.34. The number of Topliss-reactive ketones (excluding diaryl/α,β-unsaturated/α-hetero) is 1. The van der Waals surface area contributed by atoms with Crippen LogP contribution >= 0.6 is 27.7 Å². The molecule has 2 aromatic carbocycles. The fraction of sp³-hybridized carbons (Fsp3) is 0.235. The van der Waals surface area contributed by atoms with Crippen LogP contribution in [-0.2, 0) is 5.75 Å². The Kier molecular flexibility index (Phi) is 5.88. The minimum atomic E-state index is 0.0757. The molecule has 21 heavy (non-hydrogen) atoms. The zero-order chi connectivity index (χ0) is 15.2. The Morgan fingerprint density at radius 3 is 2.71 bits per heavy atom. The van der Waals surface area contributed by atoms with Gasteiger partial charge in [0, 0.05) is 26.2 Å². The van der Waals surface area contributed by atoms with Gasteiger partial charge in [-0.1, -0.05) is 22.0 Å². The number of thioether (sulfide) groups is 1. The molecule has 0 aromatic heterocycles. The van der Waals surface area contributed by atoms with Crippen LogP contribution < -0.4 is 4.74 Å². The summed E-state index contributed by atoms with van der Waals surface area (Å²) in [6, 6.07) is 13.8. The topological polar surface area (TPSA) is 26.3 Å². The summed E-state index contributed by atoms with van der Waals surface area (Å²) >= 11 is 5.20. The highest BCUT2D eigenvalue weighted by molar-refractivity contribution is 9.10. The van der Waals surface area contributed by atoms with E-state index in [-0.39, 0.29) is 5.78 Å². The number of hydrogen-bond acceptors (Lipinski definition) is 3. The van der Waals surface area contributed by atoms with Crippen LogP contribution in [0, 0.1) is 0 Å². The number of carbonyl (C=O) groups excluding carboxylic acids is 1. The van der Waals surface area contributed by atoms with Crippen LogP contribution in [0.3, 0.4) is 0 Å². The summed E-state index contributed by atoms with van der Waals surface area (Å²) in [6.45, 7) is 4.17. The third kappa shape index (κ3) is 4.61. The lowest BCUT2D eigenvalue weighted by molar-refractivity contribution is 0.101. The number of rotatable bonds is 6. The van der Waals surface area contributed by atoms with Gasteiger partial charge in [0.15, 0.2) is 5.78 Å². The fourth-order valence-electron chi connectivity index (χ4n) is 1.93. The molecule has 0 atom stereocenters. The zero-order valence-electron chi connectivity index (χ0n) is 12.1. The number of ketones is 1. The maximum atomic E-state index is 11.5. The third-order valence-electron chi connectivity index (χ3n) is 2.96. The van der Waals surface area contributed by atoms with E-state index in [4.69, 9.17) is 4.74 Å². The second kappa shape index (κ2) is 7.66. The predicted molar refractivity (Wildman–Crippen MR) is 91.3 cm³/mol. The second-order valence-corrected chi connectivity index (χ2v) is 6.52. The van der Waals surface area contributed by atoms with Crippen molar-refractivity contribution < 1.29 is 9.53 Å². The number of hydrogen-bond donors (Lipinski definition) is 0. The largest absolute Gasteiger partial charge is 0.494 e. The van der Waals surface area contributed by atoms with E-state index in [0.29, 0.717) is 6.61 Å². The lowest BCUT2D eigenvalue weighted by Crippen LogP contribution is -1.99. The Labute approximate surface area is 138 Å². The van der Waals surface area contributed by atoms with Crippen LogP contribution in [0.15, 0.2) is 51.8 Å². The molecule has 0 heterocycles. The maximum absolute atomic E-state index is 11.5. The summed E-state index contributed by atoms with van der Waals surface area (Å²) in [4.78, 5) is 12.7. The van der Waals surface area contributed by atoms with Gasteiger partial charge >= 0.3 is 0 Å². The van der Waals surface area contributed by atoms with E-state index in [0.717, 1.165) is 27.1 Å². The van der Waals surface area contributed by atoms with Crippen molar-refractivity contribution in [3.8, 4) is 5.75 Å². The molecule has 0 radical (unpaired) electrons. The van der Waals surface area contributed by atoms with E-state index in [9.17, 15) is 4.79 Å². The molecule has 2 rings (SSSR count). The summed E-state index contributed by atoms with van der Waals surface area (Å²) in [5.74, 6) is 1.70. The first-order valence-electron chi connectivity index (χ1n) is 6.75. The normalized spacial score (nSPS) is 10.4. The Bertz CT molecular complexity index is 640. The molecule has 0 aliphatic heterocycles. The summed E-state index contributed by atoms with van der Waals surface area (Å²) in [6.07, 6.45) is 0. The van der Waals surface area contributed by atoms with Gasteiger partial charge in [0.05, 0.1) is 6.61 Å². The van der Waals surface area contributed by atoms with Gasteiger partial charge in [-0.05, 0) is 50.2 Å². The lowest BCUT2D eigenvalue weighted by atomic mass is 10.1. The highest BCUT2D eigenvalue weighted by atomic mass is 79.9.